The lowest BCUT2D eigenvalue weighted by molar-refractivity contribution is 0.999. The van der Waals surface area contributed by atoms with Crippen molar-refractivity contribution >= 4 is 6.21 Å². The molecule has 0 amide bonds. The van der Waals surface area contributed by atoms with Crippen LogP contribution in [0, 0.1) is 0 Å². The van der Waals surface area contributed by atoms with Gasteiger partial charge in [0.2, 0.25) is 0 Å². The Balaban J connectivity index is 2.71. The summed E-state index contributed by atoms with van der Waals surface area (Å²) in [6.45, 7) is 4.22. The lowest BCUT2D eigenvalue weighted by Crippen LogP contribution is -1.86. The predicted molar refractivity (Wildman–Crippen MR) is 49.9 cm³/mol. The van der Waals surface area contributed by atoms with E-state index in [1.165, 1.54) is 5.57 Å². The van der Waals surface area contributed by atoms with E-state index >= 15 is 0 Å². The van der Waals surface area contributed by atoms with E-state index in [1.54, 1.807) is 0 Å². The normalized spacial score (nSPS) is 30.7. The van der Waals surface area contributed by atoms with Crippen molar-refractivity contribution in [3.63, 3.8) is 0 Å². The minimum Gasteiger partial charge on any atom is -0.262 e. The summed E-state index contributed by atoms with van der Waals surface area (Å²) in [6, 6.07) is 0. The number of nitrogens with zero attached hydrogens (tertiary/aromatic N) is 1. The van der Waals surface area contributed by atoms with Gasteiger partial charge in [0.15, 0.2) is 0 Å². The predicted octanol–water partition coefficient (Wildman–Crippen LogP) is 3.09. The summed E-state index contributed by atoms with van der Waals surface area (Å²) in [5.41, 5.74) is 2.50. The molecule has 0 bridgehead atoms. The van der Waals surface area contributed by atoms with Crippen LogP contribution in [0.1, 0.15) is 33.1 Å². The highest BCUT2D eigenvalue weighted by Gasteiger charge is 1.92. The summed E-state index contributed by atoms with van der Waals surface area (Å²) < 4.78 is 0. The molecule has 0 aromatic rings. The molecule has 0 aliphatic carbocycles. The van der Waals surface area contributed by atoms with E-state index in [4.69, 9.17) is 0 Å². The average Bonchev–Trinajstić information content (AvgIpc) is 1.98. The second-order valence-electron chi connectivity index (χ2n) is 2.81. The Morgan fingerprint density at radius 1 is 1.36 bits per heavy atom. The number of aliphatic imine (C=N–C) groups is 1. The summed E-state index contributed by atoms with van der Waals surface area (Å²) >= 11 is 0. The van der Waals surface area contributed by atoms with E-state index in [-0.39, 0.29) is 0 Å². The number of hydrogen-bond donors (Lipinski definition) is 0. The summed E-state index contributed by atoms with van der Waals surface area (Å²) in [7, 11) is 0. The molecule has 0 aromatic heterocycles. The van der Waals surface area contributed by atoms with Crippen LogP contribution < -0.4 is 0 Å². The standard InChI is InChI=1S/C10H15N/c1-3-10-7-5-4-6-9(2)11-8-10/h6-8H,3-5H2,1-2H3/b9-6+,10-7-,11-8-. The van der Waals surface area contributed by atoms with E-state index in [0.29, 0.717) is 0 Å². The maximum atomic E-state index is 4.30. The van der Waals surface area contributed by atoms with E-state index < -0.39 is 0 Å². The second-order valence-corrected chi connectivity index (χ2v) is 2.81. The maximum absolute atomic E-state index is 4.30. The molecule has 1 heterocycles. The summed E-state index contributed by atoms with van der Waals surface area (Å²) in [5, 5.41) is 0. The van der Waals surface area contributed by atoms with E-state index in [0.717, 1.165) is 25.0 Å². The van der Waals surface area contributed by atoms with Crippen LogP contribution >= 0.6 is 0 Å². The van der Waals surface area contributed by atoms with Crippen molar-refractivity contribution in [1.82, 2.24) is 0 Å². The first-order valence-corrected chi connectivity index (χ1v) is 4.22. The fraction of sp³-hybridized carbons (Fsp3) is 0.500. The van der Waals surface area contributed by atoms with Gasteiger partial charge in [-0.3, -0.25) is 4.99 Å². The molecule has 0 N–H and O–H groups in total. The lowest BCUT2D eigenvalue weighted by atomic mass is 10.1. The van der Waals surface area contributed by atoms with Crippen LogP contribution in [-0.4, -0.2) is 6.21 Å². The molecule has 1 nitrogen and oxygen atoms in total. The van der Waals surface area contributed by atoms with E-state index in [1.807, 2.05) is 6.21 Å². The minimum atomic E-state index is 1.09. The lowest BCUT2D eigenvalue weighted by Gasteiger charge is -2.00. The second kappa shape index (κ2) is 4.12. The van der Waals surface area contributed by atoms with Crippen molar-refractivity contribution in [2.24, 2.45) is 4.99 Å². The first-order chi connectivity index (χ1) is 5.33. The average molecular weight is 149 g/mol. The molecule has 0 atom stereocenters. The third kappa shape index (κ3) is 2.71. The van der Waals surface area contributed by atoms with Gasteiger partial charge in [-0.1, -0.05) is 19.1 Å². The fourth-order valence-electron chi connectivity index (χ4n) is 1.09. The molecule has 60 valence electrons. The molecular weight excluding hydrogens is 134 g/mol. The van der Waals surface area contributed by atoms with Gasteiger partial charge in [-0.25, -0.2) is 0 Å². The molecule has 0 radical (unpaired) electrons. The molecule has 0 fully saturated rings. The van der Waals surface area contributed by atoms with Gasteiger partial charge in [-0.2, -0.15) is 0 Å². The number of rotatable bonds is 1. The number of allylic oxidation sites excluding steroid dienone is 4. The Morgan fingerprint density at radius 2 is 2.09 bits per heavy atom. The SMILES string of the molecule is CCC1=C/CC/C=C(C)/N=C\1. The Hall–Kier alpha value is -0.850. The highest BCUT2D eigenvalue weighted by molar-refractivity contribution is 5.79. The van der Waals surface area contributed by atoms with Crippen LogP contribution in [0.15, 0.2) is 28.4 Å². The van der Waals surface area contributed by atoms with Gasteiger partial charge in [0.1, 0.15) is 0 Å². The van der Waals surface area contributed by atoms with Crippen molar-refractivity contribution in [3.8, 4) is 0 Å². The van der Waals surface area contributed by atoms with E-state index in [2.05, 4.69) is 31.0 Å². The van der Waals surface area contributed by atoms with Crippen molar-refractivity contribution in [2.45, 2.75) is 33.1 Å². The van der Waals surface area contributed by atoms with Crippen molar-refractivity contribution in [3.05, 3.63) is 23.4 Å². The molecule has 0 saturated carbocycles. The first-order valence-electron chi connectivity index (χ1n) is 4.22. The molecule has 0 unspecified atom stereocenters. The highest BCUT2D eigenvalue weighted by Crippen LogP contribution is 2.08. The van der Waals surface area contributed by atoms with Gasteiger partial charge in [0.05, 0.1) is 0 Å². The molecule has 11 heavy (non-hydrogen) atoms. The smallest absolute Gasteiger partial charge is 0.0333 e. The zero-order chi connectivity index (χ0) is 8.10. The first kappa shape index (κ1) is 8.25. The fourth-order valence-corrected chi connectivity index (χ4v) is 1.09. The number of hydrogen-bond acceptors (Lipinski definition) is 1. The highest BCUT2D eigenvalue weighted by atomic mass is 14.7. The quantitative estimate of drug-likeness (QED) is 0.543. The topological polar surface area (TPSA) is 12.4 Å². The van der Waals surface area contributed by atoms with Crippen LogP contribution in [0.4, 0.5) is 0 Å². The van der Waals surface area contributed by atoms with Crippen molar-refractivity contribution in [1.29, 1.82) is 0 Å². The Kier molecular flexibility index (Phi) is 3.09. The third-order valence-corrected chi connectivity index (χ3v) is 1.86. The van der Waals surface area contributed by atoms with Gasteiger partial charge in [0, 0.05) is 11.9 Å². The van der Waals surface area contributed by atoms with Gasteiger partial charge >= 0.3 is 0 Å². The Labute approximate surface area is 68.5 Å². The van der Waals surface area contributed by atoms with Gasteiger partial charge in [-0.05, 0) is 31.8 Å². The van der Waals surface area contributed by atoms with Crippen LogP contribution in [-0.2, 0) is 0 Å². The molecule has 0 saturated heterocycles. The van der Waals surface area contributed by atoms with Gasteiger partial charge < -0.3 is 0 Å². The Morgan fingerprint density at radius 3 is 2.82 bits per heavy atom. The molecule has 1 heteroatoms. The maximum Gasteiger partial charge on any atom is 0.0333 e. The minimum absolute atomic E-state index is 1.09. The molecule has 1 aliphatic heterocycles. The molecule has 0 spiro atoms. The molecule has 1 rings (SSSR count). The Bertz CT molecular complexity index is 209. The largest absolute Gasteiger partial charge is 0.262 e. The summed E-state index contributed by atoms with van der Waals surface area (Å²) in [5.74, 6) is 0. The monoisotopic (exact) mass is 149 g/mol. The van der Waals surface area contributed by atoms with Crippen molar-refractivity contribution < 1.29 is 0 Å². The summed E-state index contributed by atoms with van der Waals surface area (Å²) in [6.07, 6.45) is 9.81. The zero-order valence-corrected chi connectivity index (χ0v) is 7.30. The molecule has 0 aromatic carbocycles. The van der Waals surface area contributed by atoms with E-state index in [9.17, 15) is 0 Å². The third-order valence-electron chi connectivity index (χ3n) is 1.86. The van der Waals surface area contributed by atoms with Gasteiger partial charge in [0.25, 0.3) is 0 Å². The van der Waals surface area contributed by atoms with Crippen LogP contribution in [0.3, 0.4) is 0 Å². The van der Waals surface area contributed by atoms with Crippen molar-refractivity contribution in [2.75, 3.05) is 0 Å². The van der Waals surface area contributed by atoms with Crippen LogP contribution in [0.2, 0.25) is 0 Å². The molecule has 1 aliphatic rings. The van der Waals surface area contributed by atoms with Gasteiger partial charge in [-0.15, -0.1) is 0 Å². The molecular formula is C10H15N. The summed E-state index contributed by atoms with van der Waals surface area (Å²) in [4.78, 5) is 4.30. The van der Waals surface area contributed by atoms with Crippen LogP contribution in [0.5, 0.6) is 0 Å². The van der Waals surface area contributed by atoms with Crippen LogP contribution in [0.25, 0.3) is 0 Å². The zero-order valence-electron chi connectivity index (χ0n) is 7.30.